The molecule has 36 heavy (non-hydrogen) atoms. The average Bonchev–Trinajstić information content (AvgIpc) is 3.15. The lowest BCUT2D eigenvalue weighted by Gasteiger charge is -2.76. The Balaban J connectivity index is 1.44. The number of hydrogen-bond acceptors (Lipinski definition) is 6. The van der Waals surface area contributed by atoms with E-state index in [1.807, 2.05) is 0 Å². The molecule has 0 radical (unpaired) electrons. The number of rotatable bonds is 6. The summed E-state index contributed by atoms with van der Waals surface area (Å²) in [7, 11) is 0. The molecule has 6 heteroatoms. The molecule has 4 aliphatic carbocycles. The van der Waals surface area contributed by atoms with Crippen LogP contribution in [0.3, 0.4) is 0 Å². The van der Waals surface area contributed by atoms with Crippen molar-refractivity contribution in [3.63, 3.8) is 0 Å². The van der Waals surface area contributed by atoms with Gasteiger partial charge in [0.05, 0.1) is 6.10 Å². The first-order valence-electron chi connectivity index (χ1n) is 14.7. The van der Waals surface area contributed by atoms with Crippen LogP contribution in [-0.2, 0) is 19.3 Å². The number of esters is 1. The monoisotopic (exact) mass is 506 g/mol. The van der Waals surface area contributed by atoms with Crippen molar-refractivity contribution in [1.82, 2.24) is 0 Å². The highest BCUT2D eigenvalue weighted by molar-refractivity contribution is 5.66. The fourth-order valence-electron chi connectivity index (χ4n) is 10.1. The molecule has 2 saturated heterocycles. The first kappa shape index (κ1) is 26.9. The molecule has 2 bridgehead atoms. The van der Waals surface area contributed by atoms with E-state index < -0.39 is 28.3 Å². The topological polar surface area (TPSA) is 85.2 Å². The zero-order valence-corrected chi connectivity index (χ0v) is 23.6. The fourth-order valence-corrected chi connectivity index (χ4v) is 10.1. The van der Waals surface area contributed by atoms with Crippen molar-refractivity contribution in [2.45, 2.75) is 142 Å². The fraction of sp³-hybridized carbons (Fsp3) is 0.967. The van der Waals surface area contributed by atoms with Gasteiger partial charge in [0, 0.05) is 18.8 Å². The highest BCUT2D eigenvalue weighted by Crippen LogP contribution is 2.76. The minimum absolute atomic E-state index is 0.0991. The summed E-state index contributed by atoms with van der Waals surface area (Å²) in [5.41, 5.74) is -3.80. The van der Waals surface area contributed by atoms with E-state index in [9.17, 15) is 15.0 Å². The number of fused-ring (bicyclic) bond motifs is 3. The second-order valence-electron chi connectivity index (χ2n) is 14.4. The van der Waals surface area contributed by atoms with Crippen LogP contribution in [-0.4, -0.2) is 45.2 Å². The Hall–Kier alpha value is -0.690. The lowest BCUT2D eigenvalue weighted by molar-refractivity contribution is -0.569. The highest BCUT2D eigenvalue weighted by Gasteiger charge is 2.85. The Labute approximate surface area is 217 Å². The van der Waals surface area contributed by atoms with Crippen molar-refractivity contribution >= 4 is 5.97 Å². The lowest BCUT2D eigenvalue weighted by Crippen LogP contribution is -2.87. The van der Waals surface area contributed by atoms with Crippen LogP contribution < -0.4 is 0 Å². The smallest absolute Gasteiger partial charge is 0.302 e. The molecule has 206 valence electrons. The Morgan fingerprint density at radius 1 is 1.00 bits per heavy atom. The number of aliphatic hydroxyl groups is 2. The largest absolute Gasteiger partial charge is 0.462 e. The van der Waals surface area contributed by atoms with Crippen LogP contribution in [0.4, 0.5) is 0 Å². The van der Waals surface area contributed by atoms with Crippen LogP contribution in [0.1, 0.15) is 113 Å². The maximum atomic E-state index is 12.7. The zero-order chi connectivity index (χ0) is 26.3. The van der Waals surface area contributed by atoms with Crippen molar-refractivity contribution in [2.24, 2.45) is 40.4 Å². The average molecular weight is 507 g/mol. The van der Waals surface area contributed by atoms with E-state index in [4.69, 9.17) is 14.5 Å². The quantitative estimate of drug-likeness (QED) is 0.361. The summed E-state index contributed by atoms with van der Waals surface area (Å²) in [6, 6.07) is 0. The van der Waals surface area contributed by atoms with Crippen molar-refractivity contribution in [3.8, 4) is 0 Å². The second kappa shape index (κ2) is 8.66. The maximum absolute atomic E-state index is 12.7. The van der Waals surface area contributed by atoms with Gasteiger partial charge in [0.25, 0.3) is 0 Å². The first-order chi connectivity index (χ1) is 16.8. The van der Waals surface area contributed by atoms with E-state index in [-0.39, 0.29) is 23.4 Å². The molecule has 2 aliphatic heterocycles. The molecule has 0 aromatic rings. The molecular formula is C30H50O6. The van der Waals surface area contributed by atoms with Gasteiger partial charge in [0.2, 0.25) is 0 Å². The highest BCUT2D eigenvalue weighted by atomic mass is 17.2. The maximum Gasteiger partial charge on any atom is 0.302 e. The third-order valence-electron chi connectivity index (χ3n) is 12.6. The van der Waals surface area contributed by atoms with E-state index in [0.717, 1.165) is 19.3 Å². The van der Waals surface area contributed by atoms with Gasteiger partial charge >= 0.3 is 5.97 Å². The van der Waals surface area contributed by atoms with Gasteiger partial charge in [-0.3, -0.25) is 4.79 Å². The van der Waals surface area contributed by atoms with Gasteiger partial charge in [-0.25, -0.2) is 9.78 Å². The number of aliphatic hydroxyl groups excluding tert-OH is 1. The van der Waals surface area contributed by atoms with E-state index in [1.54, 1.807) is 0 Å². The molecule has 6 rings (SSSR count). The number of carbonyl (C=O) groups excluding carboxylic acids is 1. The van der Waals surface area contributed by atoms with Gasteiger partial charge in [-0.1, -0.05) is 54.4 Å². The van der Waals surface area contributed by atoms with E-state index in [1.165, 1.54) is 19.8 Å². The molecular weight excluding hydrogens is 456 g/mol. The summed E-state index contributed by atoms with van der Waals surface area (Å²) >= 11 is 0. The molecule has 5 unspecified atom stereocenters. The number of ether oxygens (including phenoxy) is 1. The minimum atomic E-state index is -1.38. The minimum Gasteiger partial charge on any atom is -0.462 e. The molecule has 0 aromatic heterocycles. The van der Waals surface area contributed by atoms with Gasteiger partial charge < -0.3 is 14.9 Å². The van der Waals surface area contributed by atoms with Crippen molar-refractivity contribution in [2.75, 3.05) is 0 Å². The molecule has 0 aromatic carbocycles. The lowest BCUT2D eigenvalue weighted by atomic mass is 9.37. The van der Waals surface area contributed by atoms with Gasteiger partial charge in [-0.05, 0) is 80.0 Å². The SMILES string of the molecule is CC(=O)OC1CCC2(C)[C@@]3(CC[C@]4(OO3)C3CCC([C@H](C)CC[C@H](C)C(C)C)C3(C)C[C@@H](O)[C@]24O)C1. The number of hydrogen-bond donors (Lipinski definition) is 2. The van der Waals surface area contributed by atoms with Crippen LogP contribution in [0.2, 0.25) is 0 Å². The molecule has 2 N–H and O–H groups in total. The van der Waals surface area contributed by atoms with Crippen molar-refractivity contribution < 1.29 is 29.5 Å². The van der Waals surface area contributed by atoms with Crippen LogP contribution in [0.5, 0.6) is 0 Å². The molecule has 6 fully saturated rings. The second-order valence-corrected chi connectivity index (χ2v) is 14.4. The van der Waals surface area contributed by atoms with Crippen molar-refractivity contribution in [1.29, 1.82) is 0 Å². The van der Waals surface area contributed by atoms with E-state index in [2.05, 4.69) is 41.5 Å². The van der Waals surface area contributed by atoms with Gasteiger partial charge in [0.15, 0.2) is 0 Å². The van der Waals surface area contributed by atoms with Crippen molar-refractivity contribution in [3.05, 3.63) is 0 Å². The first-order valence-corrected chi connectivity index (χ1v) is 14.7. The summed E-state index contributed by atoms with van der Waals surface area (Å²) in [6.45, 7) is 15.3. The van der Waals surface area contributed by atoms with Crippen LogP contribution in [0.15, 0.2) is 0 Å². The molecule has 0 amide bonds. The van der Waals surface area contributed by atoms with Crippen LogP contribution in [0, 0.1) is 40.4 Å². The summed E-state index contributed by atoms with van der Waals surface area (Å²) in [4.78, 5) is 24.4. The molecule has 11 atom stereocenters. The third-order valence-corrected chi connectivity index (χ3v) is 12.6. The summed E-state index contributed by atoms with van der Waals surface area (Å²) in [6.07, 6.45) is 7.28. The normalized spacial score (nSPS) is 51.3. The summed E-state index contributed by atoms with van der Waals surface area (Å²) in [5.74, 6) is 2.33. The summed E-state index contributed by atoms with van der Waals surface area (Å²) in [5, 5.41) is 24.6. The Morgan fingerprint density at radius 3 is 2.33 bits per heavy atom. The Kier molecular flexibility index (Phi) is 6.47. The molecule has 4 saturated carbocycles. The Morgan fingerprint density at radius 2 is 1.72 bits per heavy atom. The van der Waals surface area contributed by atoms with Gasteiger partial charge in [-0.15, -0.1) is 0 Å². The zero-order valence-electron chi connectivity index (χ0n) is 23.6. The Bertz CT molecular complexity index is 864. The molecule has 2 heterocycles. The number of carbonyl (C=O) groups is 1. The van der Waals surface area contributed by atoms with Gasteiger partial charge in [0.1, 0.15) is 22.9 Å². The van der Waals surface area contributed by atoms with E-state index in [0.29, 0.717) is 55.8 Å². The molecule has 2 spiro atoms. The standard InChI is InChI=1S/C30H50O6/c1-18(2)19(3)8-9-20(4)23-10-11-24-26(23,6)17-25(32)30(33)27(7)13-12-22(34-21(5)31)16-28(27)14-15-29(24,30)36-35-28/h18-20,22-25,32-33H,8-17H2,1-7H3/t19-,20+,22?,23?,24?,25+,26?,27?,28+,29-,30-/m0/s1. The van der Waals surface area contributed by atoms with Gasteiger partial charge in [-0.2, -0.15) is 0 Å². The molecule has 6 nitrogen and oxygen atoms in total. The predicted octanol–water partition coefficient (Wildman–Crippen LogP) is 5.58. The third kappa shape index (κ3) is 3.32. The molecule has 6 aliphatic rings. The van der Waals surface area contributed by atoms with Crippen LogP contribution in [0.25, 0.3) is 0 Å². The van der Waals surface area contributed by atoms with E-state index >= 15 is 0 Å². The predicted molar refractivity (Wildman–Crippen MR) is 137 cm³/mol. The summed E-state index contributed by atoms with van der Waals surface area (Å²) < 4.78 is 5.58. The van der Waals surface area contributed by atoms with Crippen LogP contribution >= 0.6 is 0 Å².